The van der Waals surface area contributed by atoms with Crippen molar-refractivity contribution in [1.82, 2.24) is 9.55 Å². The molecule has 2 N–H and O–H groups in total. The van der Waals surface area contributed by atoms with E-state index in [1.165, 1.54) is 11.3 Å². The van der Waals surface area contributed by atoms with Gasteiger partial charge in [0.1, 0.15) is 11.8 Å². The van der Waals surface area contributed by atoms with Crippen LogP contribution in [-0.4, -0.2) is 15.5 Å². The van der Waals surface area contributed by atoms with E-state index in [-0.39, 0.29) is 0 Å². The summed E-state index contributed by atoms with van der Waals surface area (Å²) in [4.78, 5) is 16.1. The smallest absolute Gasteiger partial charge is 0.265 e. The van der Waals surface area contributed by atoms with Gasteiger partial charge in [-0.2, -0.15) is 5.26 Å². The first kappa shape index (κ1) is 12.4. The molecule has 1 amide bonds. The van der Waals surface area contributed by atoms with E-state index in [0.717, 1.165) is 9.71 Å². The number of nitriles is 1. The maximum atomic E-state index is 11.6. The fourth-order valence-corrected chi connectivity index (χ4v) is 3.03. The predicted molar refractivity (Wildman–Crippen MR) is 76.9 cm³/mol. The minimum absolute atomic E-state index is 0.335. The van der Waals surface area contributed by atoms with Gasteiger partial charge in [0, 0.05) is 0 Å². The lowest BCUT2D eigenvalue weighted by atomic mass is 10.2. The lowest BCUT2D eigenvalue weighted by Gasteiger charge is -2.09. The zero-order chi connectivity index (χ0) is 14.3. The molecule has 0 saturated heterocycles. The van der Waals surface area contributed by atoms with Crippen LogP contribution in [0.25, 0.3) is 16.0 Å². The molecule has 6 heteroatoms. The van der Waals surface area contributed by atoms with Gasteiger partial charge in [-0.1, -0.05) is 12.1 Å². The first-order chi connectivity index (χ1) is 9.61. The van der Waals surface area contributed by atoms with Crippen LogP contribution in [0.5, 0.6) is 0 Å². The van der Waals surface area contributed by atoms with Crippen LogP contribution in [-0.2, 0) is 0 Å². The normalized spacial score (nSPS) is 10.6. The Bertz CT molecular complexity index is 869. The number of aryl methyl sites for hydroxylation is 1. The number of thiazole rings is 1. The number of hydrogen-bond donors (Lipinski definition) is 1. The van der Waals surface area contributed by atoms with E-state index in [4.69, 9.17) is 5.73 Å². The second-order valence-electron chi connectivity index (χ2n) is 4.28. The Labute approximate surface area is 118 Å². The third kappa shape index (κ3) is 1.76. The highest BCUT2D eigenvalue weighted by Crippen LogP contribution is 2.29. The third-order valence-electron chi connectivity index (χ3n) is 2.98. The van der Waals surface area contributed by atoms with Gasteiger partial charge in [-0.25, -0.2) is 4.98 Å². The summed E-state index contributed by atoms with van der Waals surface area (Å²) in [7, 11) is 0. The molecule has 0 fully saturated rings. The lowest BCUT2D eigenvalue weighted by molar-refractivity contribution is 0.0994. The number of benzene rings is 1. The average molecular weight is 282 g/mol. The summed E-state index contributed by atoms with van der Waals surface area (Å²) in [6.07, 6.45) is 0. The number of nitrogens with two attached hydrogens (primary N) is 1. The van der Waals surface area contributed by atoms with Crippen molar-refractivity contribution in [3.05, 3.63) is 46.6 Å². The van der Waals surface area contributed by atoms with Gasteiger partial charge >= 0.3 is 0 Å². The fraction of sp³-hybridized carbons (Fsp3) is 0.0714. The molecule has 98 valence electrons. The Morgan fingerprint density at radius 3 is 2.90 bits per heavy atom. The molecule has 2 aromatic heterocycles. The Balaban J connectivity index is 2.41. The van der Waals surface area contributed by atoms with Gasteiger partial charge in [0.25, 0.3) is 5.91 Å². The molecule has 20 heavy (non-hydrogen) atoms. The SMILES string of the molecule is Cc1nc2c(cc(C(N)=O)n2-c2ccccc2C#N)s1. The molecule has 1 aromatic carbocycles. The molecule has 0 radical (unpaired) electrons. The van der Waals surface area contributed by atoms with Crippen molar-refractivity contribution in [1.29, 1.82) is 5.26 Å². The first-order valence-corrected chi connectivity index (χ1v) is 6.71. The molecule has 3 rings (SSSR count). The molecular weight excluding hydrogens is 272 g/mol. The Morgan fingerprint density at radius 1 is 1.45 bits per heavy atom. The van der Waals surface area contributed by atoms with E-state index in [0.29, 0.717) is 22.6 Å². The van der Waals surface area contributed by atoms with Crippen LogP contribution < -0.4 is 5.73 Å². The first-order valence-electron chi connectivity index (χ1n) is 5.90. The van der Waals surface area contributed by atoms with Crippen LogP contribution in [0, 0.1) is 18.3 Å². The zero-order valence-corrected chi connectivity index (χ0v) is 11.4. The van der Waals surface area contributed by atoms with E-state index in [2.05, 4.69) is 11.1 Å². The van der Waals surface area contributed by atoms with Crippen LogP contribution >= 0.6 is 11.3 Å². The number of aromatic nitrogens is 2. The average Bonchev–Trinajstić information content (AvgIpc) is 2.94. The summed E-state index contributed by atoms with van der Waals surface area (Å²) in [6, 6.07) is 10.9. The number of carbonyl (C=O) groups is 1. The van der Waals surface area contributed by atoms with Crippen molar-refractivity contribution in [2.24, 2.45) is 5.73 Å². The molecule has 2 heterocycles. The van der Waals surface area contributed by atoms with E-state index in [1.54, 1.807) is 28.8 Å². The van der Waals surface area contributed by atoms with E-state index < -0.39 is 5.91 Å². The number of rotatable bonds is 2. The molecule has 0 bridgehead atoms. The van der Waals surface area contributed by atoms with Gasteiger partial charge in [0.15, 0.2) is 5.65 Å². The zero-order valence-electron chi connectivity index (χ0n) is 10.6. The van der Waals surface area contributed by atoms with Gasteiger partial charge in [0.2, 0.25) is 0 Å². The summed E-state index contributed by atoms with van der Waals surface area (Å²) < 4.78 is 2.53. The van der Waals surface area contributed by atoms with Crippen LogP contribution in [0.3, 0.4) is 0 Å². The second kappa shape index (κ2) is 4.47. The predicted octanol–water partition coefficient (Wildman–Crippen LogP) is 2.37. The second-order valence-corrected chi connectivity index (χ2v) is 5.51. The van der Waals surface area contributed by atoms with Gasteiger partial charge in [0.05, 0.1) is 21.0 Å². The van der Waals surface area contributed by atoms with Gasteiger partial charge < -0.3 is 5.73 Å². The number of hydrogen-bond acceptors (Lipinski definition) is 4. The number of carbonyl (C=O) groups excluding carboxylic acids is 1. The maximum Gasteiger partial charge on any atom is 0.265 e. The van der Waals surface area contributed by atoms with Crippen molar-refractivity contribution in [2.45, 2.75) is 6.92 Å². The molecule has 0 spiro atoms. The number of amides is 1. The number of primary amides is 1. The van der Waals surface area contributed by atoms with Crippen LogP contribution in [0.15, 0.2) is 30.3 Å². The van der Waals surface area contributed by atoms with E-state index in [1.807, 2.05) is 13.0 Å². The molecule has 0 aliphatic carbocycles. The maximum absolute atomic E-state index is 11.6. The van der Waals surface area contributed by atoms with Gasteiger partial charge in [-0.05, 0) is 25.1 Å². The van der Waals surface area contributed by atoms with Crippen LogP contribution in [0.1, 0.15) is 21.1 Å². The van der Waals surface area contributed by atoms with Crippen molar-refractivity contribution in [3.8, 4) is 11.8 Å². The van der Waals surface area contributed by atoms with Gasteiger partial charge in [-0.15, -0.1) is 11.3 Å². The van der Waals surface area contributed by atoms with Crippen molar-refractivity contribution >= 4 is 27.6 Å². The fourth-order valence-electron chi connectivity index (χ4n) is 2.18. The molecule has 0 aliphatic heterocycles. The largest absolute Gasteiger partial charge is 0.364 e. The highest BCUT2D eigenvalue weighted by Gasteiger charge is 2.19. The van der Waals surface area contributed by atoms with Gasteiger partial charge in [-0.3, -0.25) is 9.36 Å². The van der Waals surface area contributed by atoms with Crippen LogP contribution in [0.2, 0.25) is 0 Å². The Hall–Kier alpha value is -2.65. The number of para-hydroxylation sites is 1. The molecule has 3 aromatic rings. The summed E-state index contributed by atoms with van der Waals surface area (Å²) in [5.41, 5.74) is 7.52. The number of nitrogens with zero attached hydrogens (tertiary/aromatic N) is 3. The summed E-state index contributed by atoms with van der Waals surface area (Å²) in [6.45, 7) is 1.90. The molecule has 0 unspecified atom stereocenters. The van der Waals surface area contributed by atoms with Crippen molar-refractivity contribution < 1.29 is 4.79 Å². The molecule has 0 aliphatic rings. The Kier molecular flexibility index (Phi) is 2.77. The lowest BCUT2D eigenvalue weighted by Crippen LogP contribution is -2.16. The molecule has 0 saturated carbocycles. The summed E-state index contributed by atoms with van der Waals surface area (Å²) in [5, 5.41) is 10.1. The topological polar surface area (TPSA) is 84.7 Å². The Morgan fingerprint density at radius 2 is 2.20 bits per heavy atom. The highest BCUT2D eigenvalue weighted by molar-refractivity contribution is 7.18. The quantitative estimate of drug-likeness (QED) is 0.783. The molecule has 0 atom stereocenters. The third-order valence-corrected chi connectivity index (χ3v) is 3.89. The minimum Gasteiger partial charge on any atom is -0.364 e. The van der Waals surface area contributed by atoms with E-state index >= 15 is 0 Å². The monoisotopic (exact) mass is 282 g/mol. The summed E-state index contributed by atoms with van der Waals surface area (Å²) >= 11 is 1.49. The van der Waals surface area contributed by atoms with Crippen LogP contribution in [0.4, 0.5) is 0 Å². The van der Waals surface area contributed by atoms with Crippen molar-refractivity contribution in [2.75, 3.05) is 0 Å². The standard InChI is InChI=1S/C14H10N4OS/c1-8-17-14-12(20-8)6-11(13(16)19)18(14)10-5-3-2-4-9(10)7-15/h2-6H,1H3,(H2,16,19). The molecular formula is C14H10N4OS. The minimum atomic E-state index is -0.541. The van der Waals surface area contributed by atoms with E-state index in [9.17, 15) is 10.1 Å². The molecule has 5 nitrogen and oxygen atoms in total. The number of fused-ring (bicyclic) bond motifs is 1. The van der Waals surface area contributed by atoms with Crippen molar-refractivity contribution in [3.63, 3.8) is 0 Å². The summed E-state index contributed by atoms with van der Waals surface area (Å²) in [5.74, 6) is -0.541. The highest BCUT2D eigenvalue weighted by atomic mass is 32.1.